The van der Waals surface area contributed by atoms with Gasteiger partial charge in [-0.1, -0.05) is 0 Å². The molecule has 0 saturated carbocycles. The second-order valence-electron chi connectivity index (χ2n) is 4.25. The lowest BCUT2D eigenvalue weighted by atomic mass is 10.0. The predicted octanol–water partition coefficient (Wildman–Crippen LogP) is 1.32. The third-order valence-electron chi connectivity index (χ3n) is 2.63. The van der Waals surface area contributed by atoms with Gasteiger partial charge < -0.3 is 14.8 Å². The van der Waals surface area contributed by atoms with E-state index in [1.54, 1.807) is 7.11 Å². The summed E-state index contributed by atoms with van der Waals surface area (Å²) in [7, 11) is 1.68. The largest absolute Gasteiger partial charge is 0.384 e. The van der Waals surface area contributed by atoms with Gasteiger partial charge in [-0.2, -0.15) is 4.37 Å². The molecule has 6 heteroatoms. The maximum Gasteiger partial charge on any atom is 0.203 e. The Bertz CT molecular complexity index is 337. The van der Waals surface area contributed by atoms with Crippen LogP contribution in [-0.2, 0) is 15.9 Å². The molecule has 2 heterocycles. The molecule has 0 amide bonds. The molecule has 1 aliphatic rings. The highest BCUT2D eigenvalue weighted by atomic mass is 32.1. The summed E-state index contributed by atoms with van der Waals surface area (Å²) >= 11 is 1.40. The van der Waals surface area contributed by atoms with E-state index >= 15 is 0 Å². The highest BCUT2D eigenvalue weighted by molar-refractivity contribution is 7.09. The molecule has 0 aromatic carbocycles. The van der Waals surface area contributed by atoms with Crippen LogP contribution in [0, 0.1) is 0 Å². The fourth-order valence-corrected chi connectivity index (χ4v) is 2.39. The molecular weight excluding hydrogens is 226 g/mol. The van der Waals surface area contributed by atoms with Crippen LogP contribution in [0.3, 0.4) is 0 Å². The van der Waals surface area contributed by atoms with Crippen molar-refractivity contribution in [2.45, 2.75) is 25.3 Å². The summed E-state index contributed by atoms with van der Waals surface area (Å²) < 4.78 is 14.6. The topological polar surface area (TPSA) is 56.3 Å². The number of methoxy groups -OCH3 is 1. The van der Waals surface area contributed by atoms with Gasteiger partial charge in [-0.25, -0.2) is 4.98 Å². The summed E-state index contributed by atoms with van der Waals surface area (Å²) in [4.78, 5) is 4.42. The number of ether oxygens (including phenoxy) is 2. The van der Waals surface area contributed by atoms with Gasteiger partial charge in [0.15, 0.2) is 0 Å². The molecular formula is C10H17N3O2S. The summed E-state index contributed by atoms with van der Waals surface area (Å²) in [6, 6.07) is 0. The van der Waals surface area contributed by atoms with Gasteiger partial charge in [0.1, 0.15) is 5.82 Å². The van der Waals surface area contributed by atoms with Gasteiger partial charge in [0.2, 0.25) is 5.13 Å². The quantitative estimate of drug-likeness (QED) is 0.845. The third-order valence-corrected chi connectivity index (χ3v) is 3.29. The molecule has 1 aliphatic heterocycles. The van der Waals surface area contributed by atoms with E-state index in [4.69, 9.17) is 9.47 Å². The maximum atomic E-state index is 5.38. The van der Waals surface area contributed by atoms with Crippen molar-refractivity contribution in [1.29, 1.82) is 0 Å². The first-order valence-corrected chi connectivity index (χ1v) is 6.17. The molecule has 0 spiro atoms. The predicted molar refractivity (Wildman–Crippen MR) is 63.0 cm³/mol. The summed E-state index contributed by atoms with van der Waals surface area (Å²) in [6.45, 7) is 4.37. The van der Waals surface area contributed by atoms with E-state index < -0.39 is 0 Å². The van der Waals surface area contributed by atoms with Crippen LogP contribution in [0.15, 0.2) is 0 Å². The van der Waals surface area contributed by atoms with Crippen molar-refractivity contribution in [3.63, 3.8) is 0 Å². The summed E-state index contributed by atoms with van der Waals surface area (Å²) in [6.07, 6.45) is 1.78. The Morgan fingerprint density at radius 3 is 3.19 bits per heavy atom. The molecule has 1 N–H and O–H groups in total. The zero-order chi connectivity index (χ0) is 11.4. The van der Waals surface area contributed by atoms with Gasteiger partial charge in [0, 0.05) is 31.7 Å². The number of rotatable bonds is 5. The molecule has 0 aliphatic carbocycles. The summed E-state index contributed by atoms with van der Waals surface area (Å²) in [5.74, 6) is 0.844. The zero-order valence-electron chi connectivity index (χ0n) is 9.65. The number of hydrogen-bond donors (Lipinski definition) is 1. The lowest BCUT2D eigenvalue weighted by Gasteiger charge is -2.22. The van der Waals surface area contributed by atoms with Crippen molar-refractivity contribution in [1.82, 2.24) is 9.36 Å². The van der Waals surface area contributed by atoms with Crippen molar-refractivity contribution in [3.05, 3.63) is 5.82 Å². The lowest BCUT2D eigenvalue weighted by molar-refractivity contribution is 0.185. The lowest BCUT2D eigenvalue weighted by Crippen LogP contribution is -2.34. The first-order valence-electron chi connectivity index (χ1n) is 5.39. The fourth-order valence-electron chi connectivity index (χ4n) is 1.62. The van der Waals surface area contributed by atoms with E-state index in [-0.39, 0.29) is 5.54 Å². The second kappa shape index (κ2) is 5.07. The van der Waals surface area contributed by atoms with E-state index in [9.17, 15) is 0 Å². The second-order valence-corrected chi connectivity index (χ2v) is 5.00. The minimum Gasteiger partial charge on any atom is -0.384 e. The van der Waals surface area contributed by atoms with Crippen LogP contribution in [-0.4, -0.2) is 41.8 Å². The average Bonchev–Trinajstić information content (AvgIpc) is 2.85. The van der Waals surface area contributed by atoms with E-state index in [0.29, 0.717) is 6.61 Å². The normalized spacial score (nSPS) is 24.9. The van der Waals surface area contributed by atoms with Crippen molar-refractivity contribution in [2.75, 3.05) is 32.2 Å². The smallest absolute Gasteiger partial charge is 0.203 e. The number of hydrogen-bond acceptors (Lipinski definition) is 6. The number of aromatic nitrogens is 2. The molecule has 1 atom stereocenters. The van der Waals surface area contributed by atoms with Crippen LogP contribution in [0.2, 0.25) is 0 Å². The zero-order valence-corrected chi connectivity index (χ0v) is 10.5. The Labute approximate surface area is 99.3 Å². The minimum atomic E-state index is 0.0120. The van der Waals surface area contributed by atoms with E-state index in [0.717, 1.165) is 37.0 Å². The first-order chi connectivity index (χ1) is 7.72. The Morgan fingerprint density at radius 1 is 1.62 bits per heavy atom. The third kappa shape index (κ3) is 2.90. The van der Waals surface area contributed by atoms with Gasteiger partial charge in [0.25, 0.3) is 0 Å². The number of nitrogens with one attached hydrogen (secondary N) is 1. The molecule has 0 bridgehead atoms. The SMILES string of the molecule is COCCc1nsc(NC2(C)CCOC2)n1. The van der Waals surface area contributed by atoms with Gasteiger partial charge in [-0.3, -0.25) is 0 Å². The molecule has 1 fully saturated rings. The molecule has 90 valence electrons. The van der Waals surface area contributed by atoms with Crippen molar-refractivity contribution < 1.29 is 9.47 Å². The molecule has 1 aromatic heterocycles. The van der Waals surface area contributed by atoms with Crippen LogP contribution < -0.4 is 5.32 Å². The molecule has 1 aromatic rings. The Morgan fingerprint density at radius 2 is 2.50 bits per heavy atom. The van der Waals surface area contributed by atoms with Crippen LogP contribution in [0.4, 0.5) is 5.13 Å². The Hall–Kier alpha value is -0.720. The van der Waals surface area contributed by atoms with Gasteiger partial charge in [0.05, 0.1) is 18.8 Å². The van der Waals surface area contributed by atoms with Gasteiger partial charge in [-0.15, -0.1) is 0 Å². The fraction of sp³-hybridized carbons (Fsp3) is 0.800. The summed E-state index contributed by atoms with van der Waals surface area (Å²) in [5, 5.41) is 4.27. The molecule has 1 unspecified atom stereocenters. The van der Waals surface area contributed by atoms with Crippen molar-refractivity contribution in [3.8, 4) is 0 Å². The molecule has 16 heavy (non-hydrogen) atoms. The first kappa shape index (κ1) is 11.8. The van der Waals surface area contributed by atoms with Crippen molar-refractivity contribution in [2.24, 2.45) is 0 Å². The monoisotopic (exact) mass is 243 g/mol. The Kier molecular flexibility index (Phi) is 3.73. The Balaban J connectivity index is 1.91. The van der Waals surface area contributed by atoms with E-state index in [2.05, 4.69) is 21.6 Å². The number of nitrogens with zero attached hydrogens (tertiary/aromatic N) is 2. The highest BCUT2D eigenvalue weighted by Gasteiger charge is 2.30. The average molecular weight is 243 g/mol. The van der Waals surface area contributed by atoms with Crippen LogP contribution in [0.25, 0.3) is 0 Å². The van der Waals surface area contributed by atoms with Gasteiger partial charge >= 0.3 is 0 Å². The van der Waals surface area contributed by atoms with Crippen LogP contribution in [0.5, 0.6) is 0 Å². The van der Waals surface area contributed by atoms with Crippen LogP contribution >= 0.6 is 11.5 Å². The molecule has 2 rings (SSSR count). The van der Waals surface area contributed by atoms with Crippen molar-refractivity contribution >= 4 is 16.7 Å². The standard InChI is InChI=1S/C10H17N3O2S/c1-10(4-6-15-7-10)12-9-11-8(13-16-9)3-5-14-2/h3-7H2,1-2H3,(H,11,12,13). The highest BCUT2D eigenvalue weighted by Crippen LogP contribution is 2.24. The molecule has 5 nitrogen and oxygen atoms in total. The molecule has 0 radical (unpaired) electrons. The maximum absolute atomic E-state index is 5.38. The molecule has 1 saturated heterocycles. The van der Waals surface area contributed by atoms with Gasteiger partial charge in [-0.05, 0) is 13.3 Å². The van der Waals surface area contributed by atoms with Crippen LogP contribution in [0.1, 0.15) is 19.2 Å². The van der Waals surface area contributed by atoms with E-state index in [1.807, 2.05) is 0 Å². The summed E-state index contributed by atoms with van der Waals surface area (Å²) in [5.41, 5.74) is 0.0120. The minimum absolute atomic E-state index is 0.0120. The van der Waals surface area contributed by atoms with E-state index in [1.165, 1.54) is 11.5 Å². The number of anilines is 1.